The van der Waals surface area contributed by atoms with Crippen molar-refractivity contribution in [1.82, 2.24) is 9.78 Å². The fraction of sp³-hybridized carbons (Fsp3) is 0.182. The molecule has 18 heavy (non-hydrogen) atoms. The third kappa shape index (κ3) is 2.04. The van der Waals surface area contributed by atoms with Crippen molar-refractivity contribution in [2.45, 2.75) is 6.04 Å². The van der Waals surface area contributed by atoms with Crippen molar-refractivity contribution in [3.8, 4) is 0 Å². The number of hydrogen-bond acceptors (Lipinski definition) is 2. The third-order valence-corrected chi connectivity index (χ3v) is 3.24. The molecule has 0 aliphatic rings. The SMILES string of the molecule is Cn1ncc(Br)c1C(N)c1ccc(F)c(F)c1F. The topological polar surface area (TPSA) is 43.8 Å². The maximum atomic E-state index is 13.6. The zero-order chi connectivity index (χ0) is 13.4. The highest BCUT2D eigenvalue weighted by molar-refractivity contribution is 9.10. The summed E-state index contributed by atoms with van der Waals surface area (Å²) in [5, 5.41) is 3.93. The lowest BCUT2D eigenvalue weighted by Gasteiger charge is -2.14. The Labute approximate surface area is 110 Å². The summed E-state index contributed by atoms with van der Waals surface area (Å²) in [6, 6.07) is 1.03. The van der Waals surface area contributed by atoms with Crippen LogP contribution in [0.4, 0.5) is 13.2 Å². The van der Waals surface area contributed by atoms with E-state index in [-0.39, 0.29) is 5.56 Å². The Morgan fingerprint density at radius 1 is 1.28 bits per heavy atom. The van der Waals surface area contributed by atoms with E-state index in [0.29, 0.717) is 10.2 Å². The van der Waals surface area contributed by atoms with E-state index in [9.17, 15) is 13.2 Å². The quantitative estimate of drug-likeness (QED) is 0.865. The fourth-order valence-electron chi connectivity index (χ4n) is 1.70. The minimum atomic E-state index is -1.53. The van der Waals surface area contributed by atoms with Crippen molar-refractivity contribution >= 4 is 15.9 Å². The molecule has 0 aliphatic carbocycles. The second-order valence-electron chi connectivity index (χ2n) is 3.74. The van der Waals surface area contributed by atoms with Crippen LogP contribution in [-0.4, -0.2) is 9.78 Å². The average Bonchev–Trinajstić information content (AvgIpc) is 2.65. The average molecular weight is 320 g/mol. The zero-order valence-electron chi connectivity index (χ0n) is 9.29. The van der Waals surface area contributed by atoms with Crippen LogP contribution in [0, 0.1) is 17.5 Å². The highest BCUT2D eigenvalue weighted by atomic mass is 79.9. The lowest BCUT2D eigenvalue weighted by molar-refractivity contribution is 0.437. The summed E-state index contributed by atoms with van der Waals surface area (Å²) < 4.78 is 41.6. The van der Waals surface area contributed by atoms with Gasteiger partial charge in [0.25, 0.3) is 0 Å². The Kier molecular flexibility index (Phi) is 3.45. The monoisotopic (exact) mass is 319 g/mol. The predicted octanol–water partition coefficient (Wildman–Crippen LogP) is 2.65. The van der Waals surface area contributed by atoms with Crippen LogP contribution in [0.3, 0.4) is 0 Å². The van der Waals surface area contributed by atoms with Crippen LogP contribution in [0.2, 0.25) is 0 Å². The lowest BCUT2D eigenvalue weighted by Crippen LogP contribution is -2.18. The van der Waals surface area contributed by atoms with Crippen molar-refractivity contribution in [3.63, 3.8) is 0 Å². The number of rotatable bonds is 2. The summed E-state index contributed by atoms with van der Waals surface area (Å²) in [6.45, 7) is 0. The molecule has 3 nitrogen and oxygen atoms in total. The van der Waals surface area contributed by atoms with E-state index in [1.165, 1.54) is 10.9 Å². The van der Waals surface area contributed by atoms with Crippen LogP contribution >= 0.6 is 15.9 Å². The van der Waals surface area contributed by atoms with Gasteiger partial charge in [-0.3, -0.25) is 4.68 Å². The minimum Gasteiger partial charge on any atom is -0.319 e. The van der Waals surface area contributed by atoms with Gasteiger partial charge in [-0.1, -0.05) is 6.07 Å². The van der Waals surface area contributed by atoms with E-state index in [0.717, 1.165) is 12.1 Å². The van der Waals surface area contributed by atoms with Gasteiger partial charge in [-0.2, -0.15) is 5.10 Å². The first-order chi connectivity index (χ1) is 8.43. The van der Waals surface area contributed by atoms with Gasteiger partial charge in [-0.25, -0.2) is 13.2 Å². The standard InChI is InChI=1S/C11H9BrF3N3/c1-18-11(6(12)4-17-18)10(16)5-2-3-7(13)9(15)8(5)14/h2-4,10H,16H2,1H3. The van der Waals surface area contributed by atoms with Gasteiger partial charge in [-0.15, -0.1) is 0 Å². The summed E-state index contributed by atoms with van der Waals surface area (Å²) in [5.41, 5.74) is 6.21. The summed E-state index contributed by atoms with van der Waals surface area (Å²) in [6.07, 6.45) is 1.49. The molecule has 0 fully saturated rings. The number of nitrogens with zero attached hydrogens (tertiary/aromatic N) is 2. The van der Waals surface area contributed by atoms with E-state index in [2.05, 4.69) is 21.0 Å². The molecule has 1 unspecified atom stereocenters. The van der Waals surface area contributed by atoms with Crippen molar-refractivity contribution in [2.24, 2.45) is 12.8 Å². The second kappa shape index (κ2) is 4.74. The van der Waals surface area contributed by atoms with Crippen molar-refractivity contribution in [3.05, 3.63) is 51.5 Å². The van der Waals surface area contributed by atoms with Crippen LogP contribution in [0.15, 0.2) is 22.8 Å². The fourth-order valence-corrected chi connectivity index (χ4v) is 2.29. The number of halogens is 4. The molecule has 7 heteroatoms. The number of aromatic nitrogens is 2. The highest BCUT2D eigenvalue weighted by Crippen LogP contribution is 2.29. The Bertz CT molecular complexity index is 578. The first-order valence-electron chi connectivity index (χ1n) is 4.99. The number of aryl methyl sites for hydroxylation is 1. The van der Waals surface area contributed by atoms with Crippen LogP contribution in [0.25, 0.3) is 0 Å². The molecule has 0 aliphatic heterocycles. The maximum absolute atomic E-state index is 13.6. The van der Waals surface area contributed by atoms with E-state index in [1.54, 1.807) is 7.05 Å². The molecule has 0 spiro atoms. The maximum Gasteiger partial charge on any atom is 0.194 e. The molecule has 1 aromatic heterocycles. The molecule has 2 rings (SSSR count). The molecule has 0 amide bonds. The molecule has 2 N–H and O–H groups in total. The molecule has 0 saturated carbocycles. The molecule has 96 valence electrons. The van der Waals surface area contributed by atoms with Crippen LogP contribution in [0.5, 0.6) is 0 Å². The zero-order valence-corrected chi connectivity index (χ0v) is 10.9. The lowest BCUT2D eigenvalue weighted by atomic mass is 10.0. The van der Waals surface area contributed by atoms with Gasteiger partial charge >= 0.3 is 0 Å². The second-order valence-corrected chi connectivity index (χ2v) is 4.60. The molecular weight excluding hydrogens is 311 g/mol. The minimum absolute atomic E-state index is 0.127. The van der Waals surface area contributed by atoms with Crippen LogP contribution < -0.4 is 5.73 Å². The largest absolute Gasteiger partial charge is 0.319 e. The molecule has 1 aromatic carbocycles. The van der Waals surface area contributed by atoms with Gasteiger partial charge in [-0.05, 0) is 22.0 Å². The van der Waals surface area contributed by atoms with Crippen molar-refractivity contribution in [1.29, 1.82) is 0 Å². The Hall–Kier alpha value is -1.34. The highest BCUT2D eigenvalue weighted by Gasteiger charge is 2.23. The van der Waals surface area contributed by atoms with Crippen molar-refractivity contribution in [2.75, 3.05) is 0 Å². The van der Waals surface area contributed by atoms with Crippen LogP contribution in [0.1, 0.15) is 17.3 Å². The summed E-state index contributed by atoms with van der Waals surface area (Å²) in [5.74, 6) is -4.05. The summed E-state index contributed by atoms with van der Waals surface area (Å²) in [7, 11) is 1.62. The number of nitrogens with two attached hydrogens (primary N) is 1. The molecule has 2 aromatic rings. The molecule has 0 radical (unpaired) electrons. The summed E-state index contributed by atoms with van der Waals surface area (Å²) >= 11 is 3.22. The predicted molar refractivity (Wildman–Crippen MR) is 63.3 cm³/mol. The van der Waals surface area contributed by atoms with E-state index in [4.69, 9.17) is 5.73 Å². The Morgan fingerprint density at radius 2 is 1.94 bits per heavy atom. The molecule has 0 bridgehead atoms. The van der Waals surface area contributed by atoms with Crippen LogP contribution in [-0.2, 0) is 7.05 Å². The van der Waals surface area contributed by atoms with Gasteiger partial charge in [0.2, 0.25) is 0 Å². The molecular formula is C11H9BrF3N3. The van der Waals surface area contributed by atoms with E-state index in [1.807, 2.05) is 0 Å². The van der Waals surface area contributed by atoms with Gasteiger partial charge in [0.15, 0.2) is 17.5 Å². The number of hydrogen-bond donors (Lipinski definition) is 1. The Balaban J connectivity index is 2.53. The van der Waals surface area contributed by atoms with E-state index >= 15 is 0 Å². The molecule has 0 saturated heterocycles. The smallest absolute Gasteiger partial charge is 0.194 e. The first-order valence-corrected chi connectivity index (χ1v) is 5.79. The van der Waals surface area contributed by atoms with E-state index < -0.39 is 23.5 Å². The summed E-state index contributed by atoms with van der Waals surface area (Å²) in [4.78, 5) is 0. The first kappa shape index (κ1) is 13.1. The van der Waals surface area contributed by atoms with Gasteiger partial charge in [0.1, 0.15) is 0 Å². The molecule has 1 atom stereocenters. The van der Waals surface area contributed by atoms with Crippen molar-refractivity contribution < 1.29 is 13.2 Å². The van der Waals surface area contributed by atoms with Gasteiger partial charge in [0, 0.05) is 12.6 Å². The molecule has 1 heterocycles. The number of benzene rings is 1. The third-order valence-electron chi connectivity index (χ3n) is 2.63. The Morgan fingerprint density at radius 3 is 2.50 bits per heavy atom. The van der Waals surface area contributed by atoms with Gasteiger partial charge < -0.3 is 5.73 Å². The van der Waals surface area contributed by atoms with Gasteiger partial charge in [0.05, 0.1) is 22.4 Å². The normalized spacial score (nSPS) is 12.8.